The van der Waals surface area contributed by atoms with E-state index in [0.717, 1.165) is 50.4 Å². The van der Waals surface area contributed by atoms with Gasteiger partial charge in [-0.1, -0.05) is 12.1 Å². The summed E-state index contributed by atoms with van der Waals surface area (Å²) < 4.78 is 16.2. The molecule has 1 N–H and O–H groups in total. The first-order chi connectivity index (χ1) is 8.88. The highest BCUT2D eigenvalue weighted by molar-refractivity contribution is 5.04. The molecule has 0 bridgehead atoms. The second kappa shape index (κ2) is 7.51. The van der Waals surface area contributed by atoms with Gasteiger partial charge in [0.15, 0.2) is 5.76 Å². The molecule has 1 atom stereocenters. The van der Waals surface area contributed by atoms with Crippen molar-refractivity contribution in [3.63, 3.8) is 0 Å². The molecule has 0 saturated carbocycles. The molecule has 5 heteroatoms. The molecule has 0 radical (unpaired) electrons. The van der Waals surface area contributed by atoms with Crippen LogP contribution < -0.4 is 5.32 Å². The Morgan fingerprint density at radius 3 is 3.28 bits per heavy atom. The van der Waals surface area contributed by atoms with E-state index >= 15 is 0 Å². The second-order valence-corrected chi connectivity index (χ2v) is 4.61. The lowest BCUT2D eigenvalue weighted by Crippen LogP contribution is -2.14. The predicted molar refractivity (Wildman–Crippen MR) is 67.1 cm³/mol. The number of nitrogens with zero attached hydrogens (tertiary/aromatic N) is 1. The molecule has 1 fully saturated rings. The highest BCUT2D eigenvalue weighted by Crippen LogP contribution is 2.13. The van der Waals surface area contributed by atoms with Crippen molar-refractivity contribution in [2.24, 2.45) is 0 Å². The Balaban J connectivity index is 1.63. The SMILES string of the molecule is CCCNCc1cc(COCC2CCCO2)on1. The third-order valence-corrected chi connectivity index (χ3v) is 2.91. The largest absolute Gasteiger partial charge is 0.376 e. The lowest BCUT2D eigenvalue weighted by Gasteiger charge is -2.08. The summed E-state index contributed by atoms with van der Waals surface area (Å²) in [4.78, 5) is 0. The number of hydrogen-bond acceptors (Lipinski definition) is 5. The van der Waals surface area contributed by atoms with Crippen molar-refractivity contribution in [2.75, 3.05) is 19.8 Å². The van der Waals surface area contributed by atoms with Crippen LogP contribution in [0.15, 0.2) is 10.6 Å². The summed E-state index contributed by atoms with van der Waals surface area (Å²) in [6.45, 7) is 5.87. The van der Waals surface area contributed by atoms with Crippen molar-refractivity contribution in [3.8, 4) is 0 Å². The Bertz CT molecular complexity index is 335. The number of nitrogens with one attached hydrogen (secondary N) is 1. The van der Waals surface area contributed by atoms with Gasteiger partial charge in [0.2, 0.25) is 0 Å². The molecule has 5 nitrogen and oxygen atoms in total. The minimum absolute atomic E-state index is 0.263. The summed E-state index contributed by atoms with van der Waals surface area (Å²) >= 11 is 0. The Morgan fingerprint density at radius 2 is 2.50 bits per heavy atom. The first-order valence-corrected chi connectivity index (χ1v) is 6.73. The molecule has 1 aromatic rings. The average Bonchev–Trinajstić information content (AvgIpc) is 3.01. The standard InChI is InChI=1S/C13H22N2O3/c1-2-5-14-8-11-7-13(18-15-11)10-16-9-12-4-3-6-17-12/h7,12,14H,2-6,8-10H2,1H3. The van der Waals surface area contributed by atoms with E-state index in [9.17, 15) is 0 Å². The predicted octanol–water partition coefficient (Wildman–Crippen LogP) is 1.87. The zero-order valence-electron chi connectivity index (χ0n) is 11.0. The Labute approximate surface area is 108 Å². The molecule has 102 valence electrons. The van der Waals surface area contributed by atoms with E-state index in [0.29, 0.717) is 13.2 Å². The van der Waals surface area contributed by atoms with Crippen molar-refractivity contribution < 1.29 is 14.0 Å². The van der Waals surface area contributed by atoms with Crippen molar-refractivity contribution in [2.45, 2.75) is 45.4 Å². The molecule has 1 unspecified atom stereocenters. The second-order valence-electron chi connectivity index (χ2n) is 4.61. The van der Waals surface area contributed by atoms with Crippen LogP contribution in [-0.2, 0) is 22.6 Å². The molecule has 1 aromatic heterocycles. The zero-order valence-corrected chi connectivity index (χ0v) is 11.0. The van der Waals surface area contributed by atoms with E-state index < -0.39 is 0 Å². The molecule has 2 heterocycles. The Kier molecular flexibility index (Phi) is 5.64. The van der Waals surface area contributed by atoms with Crippen LogP contribution in [0.1, 0.15) is 37.6 Å². The highest BCUT2D eigenvalue weighted by atomic mass is 16.5. The Hall–Kier alpha value is -0.910. The minimum Gasteiger partial charge on any atom is -0.376 e. The lowest BCUT2D eigenvalue weighted by molar-refractivity contribution is 0.00453. The third kappa shape index (κ3) is 4.40. The molecule has 1 aliphatic heterocycles. The molecule has 18 heavy (non-hydrogen) atoms. The number of ether oxygens (including phenoxy) is 2. The van der Waals surface area contributed by atoms with Gasteiger partial charge in [-0.3, -0.25) is 0 Å². The summed E-state index contributed by atoms with van der Waals surface area (Å²) in [5.41, 5.74) is 0.930. The fourth-order valence-corrected chi connectivity index (χ4v) is 1.97. The van der Waals surface area contributed by atoms with Crippen molar-refractivity contribution >= 4 is 0 Å². The van der Waals surface area contributed by atoms with Crippen LogP contribution in [-0.4, -0.2) is 31.0 Å². The van der Waals surface area contributed by atoms with Gasteiger partial charge in [0.1, 0.15) is 6.61 Å². The summed E-state index contributed by atoms with van der Waals surface area (Å²) in [5.74, 6) is 0.779. The normalized spacial score (nSPS) is 19.5. The van der Waals surface area contributed by atoms with Crippen LogP contribution in [0.5, 0.6) is 0 Å². The fraction of sp³-hybridized carbons (Fsp3) is 0.769. The van der Waals surface area contributed by atoms with E-state index in [1.165, 1.54) is 0 Å². The summed E-state index contributed by atoms with van der Waals surface area (Å²) in [6, 6.07) is 1.94. The maximum Gasteiger partial charge on any atom is 0.162 e. The molecule has 0 aliphatic carbocycles. The summed E-state index contributed by atoms with van der Waals surface area (Å²) in [7, 11) is 0. The van der Waals surface area contributed by atoms with Gasteiger partial charge in [0.25, 0.3) is 0 Å². The first kappa shape index (κ1) is 13.5. The van der Waals surface area contributed by atoms with Gasteiger partial charge >= 0.3 is 0 Å². The third-order valence-electron chi connectivity index (χ3n) is 2.91. The maximum atomic E-state index is 5.56. The molecule has 2 rings (SSSR count). The lowest BCUT2D eigenvalue weighted by atomic mass is 10.2. The zero-order chi connectivity index (χ0) is 12.6. The summed E-state index contributed by atoms with van der Waals surface area (Å²) in [5, 5.41) is 7.27. The van der Waals surface area contributed by atoms with E-state index in [1.54, 1.807) is 0 Å². The van der Waals surface area contributed by atoms with Crippen LogP contribution >= 0.6 is 0 Å². The van der Waals surface area contributed by atoms with Gasteiger partial charge in [-0.05, 0) is 25.8 Å². The van der Waals surface area contributed by atoms with E-state index in [1.807, 2.05) is 6.07 Å². The smallest absolute Gasteiger partial charge is 0.162 e. The van der Waals surface area contributed by atoms with E-state index in [2.05, 4.69) is 17.4 Å². The number of rotatable bonds is 8. The summed E-state index contributed by atoms with van der Waals surface area (Å²) in [6.07, 6.45) is 3.63. The van der Waals surface area contributed by atoms with Crippen LogP contribution in [0.2, 0.25) is 0 Å². The van der Waals surface area contributed by atoms with E-state index in [-0.39, 0.29) is 6.10 Å². The van der Waals surface area contributed by atoms with Gasteiger partial charge in [0, 0.05) is 19.2 Å². The fourth-order valence-electron chi connectivity index (χ4n) is 1.97. The minimum atomic E-state index is 0.263. The molecule has 1 saturated heterocycles. The molecular weight excluding hydrogens is 232 g/mol. The van der Waals surface area contributed by atoms with Crippen molar-refractivity contribution in [3.05, 3.63) is 17.5 Å². The van der Waals surface area contributed by atoms with Crippen LogP contribution in [0.4, 0.5) is 0 Å². The van der Waals surface area contributed by atoms with Crippen LogP contribution in [0, 0.1) is 0 Å². The quantitative estimate of drug-likeness (QED) is 0.718. The van der Waals surface area contributed by atoms with Gasteiger partial charge in [-0.25, -0.2) is 0 Å². The molecule has 1 aliphatic rings. The first-order valence-electron chi connectivity index (χ1n) is 6.73. The van der Waals surface area contributed by atoms with Crippen molar-refractivity contribution in [1.82, 2.24) is 10.5 Å². The molecular formula is C13H22N2O3. The average molecular weight is 254 g/mol. The number of hydrogen-bond donors (Lipinski definition) is 1. The van der Waals surface area contributed by atoms with Gasteiger partial charge in [-0.15, -0.1) is 0 Å². The van der Waals surface area contributed by atoms with Crippen LogP contribution in [0.3, 0.4) is 0 Å². The monoisotopic (exact) mass is 254 g/mol. The topological polar surface area (TPSA) is 56.5 Å². The Morgan fingerprint density at radius 1 is 1.56 bits per heavy atom. The number of aromatic nitrogens is 1. The van der Waals surface area contributed by atoms with Gasteiger partial charge in [0.05, 0.1) is 18.4 Å². The molecule has 0 aromatic carbocycles. The van der Waals surface area contributed by atoms with E-state index in [4.69, 9.17) is 14.0 Å². The highest BCUT2D eigenvalue weighted by Gasteiger charge is 2.15. The van der Waals surface area contributed by atoms with Gasteiger partial charge in [-0.2, -0.15) is 0 Å². The maximum absolute atomic E-state index is 5.56. The molecule has 0 spiro atoms. The van der Waals surface area contributed by atoms with Crippen molar-refractivity contribution in [1.29, 1.82) is 0 Å². The van der Waals surface area contributed by atoms with Gasteiger partial charge < -0.3 is 19.3 Å². The van der Waals surface area contributed by atoms with Crippen LogP contribution in [0.25, 0.3) is 0 Å². The molecule has 0 amide bonds.